The number of rotatable bonds is 4. The molecule has 10 heteroatoms. The van der Waals surface area contributed by atoms with E-state index in [-0.39, 0.29) is 36.3 Å². The highest BCUT2D eigenvalue weighted by Gasteiger charge is 2.35. The van der Waals surface area contributed by atoms with Crippen molar-refractivity contribution < 1.29 is 27.5 Å². The molecule has 158 valence electrons. The van der Waals surface area contributed by atoms with E-state index in [0.29, 0.717) is 30.8 Å². The first-order valence-corrected chi connectivity index (χ1v) is 10.9. The molecule has 2 amide bonds. The van der Waals surface area contributed by atoms with Crippen molar-refractivity contribution >= 4 is 39.2 Å². The molecular weight excluding hydrogens is 398 g/mol. The van der Waals surface area contributed by atoms with Crippen LogP contribution >= 0.6 is 0 Å². The second-order valence-electron chi connectivity index (χ2n) is 7.19. The molecule has 2 aliphatic heterocycles. The van der Waals surface area contributed by atoms with E-state index in [0.717, 1.165) is 0 Å². The van der Waals surface area contributed by atoms with Gasteiger partial charge in [-0.05, 0) is 38.0 Å². The van der Waals surface area contributed by atoms with Crippen LogP contribution < -0.4 is 9.80 Å². The van der Waals surface area contributed by atoms with Crippen molar-refractivity contribution in [3.05, 3.63) is 18.2 Å². The van der Waals surface area contributed by atoms with Gasteiger partial charge in [0.2, 0.25) is 21.8 Å². The molecule has 0 bridgehead atoms. The lowest BCUT2D eigenvalue weighted by atomic mass is 10.0. The van der Waals surface area contributed by atoms with Gasteiger partial charge < -0.3 is 14.5 Å². The number of piperidine rings is 1. The van der Waals surface area contributed by atoms with E-state index in [4.69, 9.17) is 4.74 Å². The number of hydrogen-bond donors (Lipinski definition) is 0. The van der Waals surface area contributed by atoms with Gasteiger partial charge in [-0.3, -0.25) is 14.4 Å². The Morgan fingerprint density at radius 1 is 1.14 bits per heavy atom. The van der Waals surface area contributed by atoms with Gasteiger partial charge in [0.15, 0.2) is 0 Å². The molecule has 0 aliphatic carbocycles. The van der Waals surface area contributed by atoms with Gasteiger partial charge in [-0.2, -0.15) is 4.31 Å². The van der Waals surface area contributed by atoms with Crippen molar-refractivity contribution in [2.45, 2.75) is 31.1 Å². The molecule has 0 N–H and O–H groups in total. The van der Waals surface area contributed by atoms with Crippen LogP contribution in [0.4, 0.5) is 11.4 Å². The summed E-state index contributed by atoms with van der Waals surface area (Å²) < 4.78 is 32.7. The average Bonchev–Trinajstić information content (AvgIpc) is 2.79. The van der Waals surface area contributed by atoms with Crippen LogP contribution in [0, 0.1) is 5.92 Å². The lowest BCUT2D eigenvalue weighted by Crippen LogP contribution is -2.42. The zero-order valence-electron chi connectivity index (χ0n) is 16.8. The first-order valence-electron chi connectivity index (χ1n) is 9.50. The molecule has 1 aromatic rings. The smallest absolute Gasteiger partial charge is 0.310 e. The number of sulfonamides is 1. The highest BCUT2D eigenvalue weighted by atomic mass is 32.2. The fourth-order valence-corrected chi connectivity index (χ4v) is 5.16. The third kappa shape index (κ3) is 3.99. The minimum atomic E-state index is -3.88. The number of esters is 1. The summed E-state index contributed by atoms with van der Waals surface area (Å²) in [5.41, 5.74) is 0.814. The average molecular weight is 423 g/mol. The Morgan fingerprint density at radius 2 is 1.79 bits per heavy atom. The molecule has 0 saturated carbocycles. The maximum absolute atomic E-state index is 13.2. The van der Waals surface area contributed by atoms with Crippen molar-refractivity contribution in [3.63, 3.8) is 0 Å². The predicted octanol–water partition coefficient (Wildman–Crippen LogP) is 0.980. The van der Waals surface area contributed by atoms with Gasteiger partial charge >= 0.3 is 5.97 Å². The maximum Gasteiger partial charge on any atom is 0.310 e. The van der Waals surface area contributed by atoms with Gasteiger partial charge in [0.25, 0.3) is 0 Å². The van der Waals surface area contributed by atoms with Crippen LogP contribution in [-0.2, 0) is 29.1 Å². The van der Waals surface area contributed by atoms with Crippen molar-refractivity contribution in [1.82, 2.24) is 4.31 Å². The summed E-state index contributed by atoms with van der Waals surface area (Å²) >= 11 is 0. The number of anilines is 2. The van der Waals surface area contributed by atoms with Gasteiger partial charge in [0.05, 0.1) is 28.8 Å². The van der Waals surface area contributed by atoms with Gasteiger partial charge in [-0.15, -0.1) is 0 Å². The predicted molar refractivity (Wildman–Crippen MR) is 106 cm³/mol. The molecule has 9 nitrogen and oxygen atoms in total. The minimum absolute atomic E-state index is 0.0168. The SMILES string of the molecule is CCOC(=O)[C@H]1CCCN(S(=O)(=O)c2ccc3c(c2)N(C)C(=O)CC(=O)N3C)C1. The summed E-state index contributed by atoms with van der Waals surface area (Å²) in [5, 5.41) is 0. The molecule has 1 aromatic carbocycles. The summed E-state index contributed by atoms with van der Waals surface area (Å²) in [4.78, 5) is 39.1. The first kappa shape index (κ1) is 21.3. The molecule has 1 saturated heterocycles. The third-order valence-electron chi connectivity index (χ3n) is 5.36. The van der Waals surface area contributed by atoms with Crippen molar-refractivity contribution in [2.75, 3.05) is 43.6 Å². The van der Waals surface area contributed by atoms with Crippen molar-refractivity contribution in [2.24, 2.45) is 5.92 Å². The number of amides is 2. The van der Waals surface area contributed by atoms with E-state index >= 15 is 0 Å². The molecule has 3 rings (SSSR count). The van der Waals surface area contributed by atoms with Crippen LogP contribution in [-0.4, -0.2) is 64.3 Å². The Balaban J connectivity index is 1.94. The van der Waals surface area contributed by atoms with Gasteiger partial charge in [-0.25, -0.2) is 8.42 Å². The molecule has 0 aromatic heterocycles. The highest BCUT2D eigenvalue weighted by molar-refractivity contribution is 7.89. The molecule has 1 atom stereocenters. The molecular formula is C19H25N3O6S. The molecule has 0 radical (unpaired) electrons. The Labute approximate surface area is 170 Å². The van der Waals surface area contributed by atoms with Gasteiger partial charge in [0, 0.05) is 27.2 Å². The lowest BCUT2D eigenvalue weighted by Gasteiger charge is -2.31. The van der Waals surface area contributed by atoms with Crippen LogP contribution in [0.5, 0.6) is 0 Å². The van der Waals surface area contributed by atoms with Crippen molar-refractivity contribution in [1.29, 1.82) is 0 Å². The quantitative estimate of drug-likeness (QED) is 0.528. The van der Waals surface area contributed by atoms with Crippen LogP contribution in [0.25, 0.3) is 0 Å². The largest absolute Gasteiger partial charge is 0.466 e. The summed E-state index contributed by atoms with van der Waals surface area (Å²) in [6.07, 6.45) is 0.861. The summed E-state index contributed by atoms with van der Waals surface area (Å²) in [6, 6.07) is 4.36. The number of nitrogens with zero attached hydrogens (tertiary/aromatic N) is 3. The molecule has 0 unspecified atom stereocenters. The summed E-state index contributed by atoms with van der Waals surface area (Å²) in [6.45, 7) is 2.33. The van der Waals surface area contributed by atoms with Crippen molar-refractivity contribution in [3.8, 4) is 0 Å². The van der Waals surface area contributed by atoms with Crippen LogP contribution in [0.15, 0.2) is 23.1 Å². The Kier molecular flexibility index (Phi) is 5.95. The Bertz CT molecular complexity index is 945. The van der Waals surface area contributed by atoms with Gasteiger partial charge in [-0.1, -0.05) is 0 Å². The molecule has 29 heavy (non-hydrogen) atoms. The molecule has 0 spiro atoms. The monoisotopic (exact) mass is 423 g/mol. The zero-order chi connectivity index (χ0) is 21.3. The van der Waals surface area contributed by atoms with E-state index < -0.39 is 21.8 Å². The maximum atomic E-state index is 13.2. The van der Waals surface area contributed by atoms with Crippen LogP contribution in [0.2, 0.25) is 0 Å². The first-order chi connectivity index (χ1) is 13.7. The number of carbonyl (C=O) groups excluding carboxylic acids is 3. The summed E-state index contributed by atoms with van der Waals surface area (Å²) in [7, 11) is -0.809. The highest BCUT2D eigenvalue weighted by Crippen LogP contribution is 2.35. The summed E-state index contributed by atoms with van der Waals surface area (Å²) in [5.74, 6) is -1.65. The Morgan fingerprint density at radius 3 is 2.45 bits per heavy atom. The standard InChI is InChI=1S/C19H25N3O6S/c1-4-28-19(25)13-6-5-9-22(12-13)29(26,27)14-7-8-15-16(10-14)21(3)18(24)11-17(23)20(15)2/h7-8,10,13H,4-6,9,11-12H2,1-3H3/t13-/m0/s1. The second-order valence-corrected chi connectivity index (χ2v) is 9.12. The molecule has 1 fully saturated rings. The Hall–Kier alpha value is -2.46. The van der Waals surface area contributed by atoms with Crippen LogP contribution in [0.3, 0.4) is 0 Å². The molecule has 2 heterocycles. The number of fused-ring (bicyclic) bond motifs is 1. The number of ether oxygens (including phenoxy) is 1. The fourth-order valence-electron chi connectivity index (χ4n) is 3.61. The van der Waals surface area contributed by atoms with E-state index in [1.165, 1.54) is 39.4 Å². The van der Waals surface area contributed by atoms with E-state index in [1.807, 2.05) is 0 Å². The third-order valence-corrected chi connectivity index (χ3v) is 7.22. The van der Waals surface area contributed by atoms with E-state index in [1.54, 1.807) is 14.0 Å². The number of benzene rings is 1. The number of hydrogen-bond acceptors (Lipinski definition) is 6. The van der Waals surface area contributed by atoms with E-state index in [2.05, 4.69) is 0 Å². The normalized spacial score (nSPS) is 21.0. The van der Waals surface area contributed by atoms with E-state index in [9.17, 15) is 22.8 Å². The molecule has 2 aliphatic rings. The lowest BCUT2D eigenvalue weighted by molar-refractivity contribution is -0.149. The number of carbonyl (C=O) groups is 3. The van der Waals surface area contributed by atoms with Gasteiger partial charge in [0.1, 0.15) is 6.42 Å². The fraction of sp³-hybridized carbons (Fsp3) is 0.526. The second kappa shape index (κ2) is 8.11. The minimum Gasteiger partial charge on any atom is -0.466 e. The zero-order valence-corrected chi connectivity index (χ0v) is 17.6. The topological polar surface area (TPSA) is 104 Å². The van der Waals surface area contributed by atoms with Crippen LogP contribution in [0.1, 0.15) is 26.2 Å².